The first kappa shape index (κ1) is 20.2. The molecule has 0 radical (unpaired) electrons. The van der Waals surface area contributed by atoms with Crippen molar-refractivity contribution in [3.8, 4) is 0 Å². The van der Waals surface area contributed by atoms with Gasteiger partial charge >= 0.3 is 5.95 Å². The molecule has 140 valence electrons. The third kappa shape index (κ3) is 5.18. The lowest BCUT2D eigenvalue weighted by atomic mass is 9.92. The van der Waals surface area contributed by atoms with Crippen LogP contribution in [0.25, 0.3) is 0 Å². The summed E-state index contributed by atoms with van der Waals surface area (Å²) in [7, 11) is 0. The molecule has 1 aliphatic rings. The van der Waals surface area contributed by atoms with Gasteiger partial charge in [0.05, 0.1) is 5.75 Å². The van der Waals surface area contributed by atoms with Gasteiger partial charge in [-0.3, -0.25) is 14.6 Å². The second-order valence-corrected chi connectivity index (χ2v) is 7.03. The van der Waals surface area contributed by atoms with Gasteiger partial charge in [-0.2, -0.15) is 24.4 Å². The maximum atomic E-state index is 12.5. The zero-order valence-electron chi connectivity index (χ0n) is 13.9. The molecule has 1 N–H and O–H groups in total. The quantitative estimate of drug-likeness (QED) is 0.248. The van der Waals surface area contributed by atoms with Crippen LogP contribution in [-0.4, -0.2) is 61.7 Å². The fourth-order valence-electron chi connectivity index (χ4n) is 2.43. The van der Waals surface area contributed by atoms with E-state index in [4.69, 9.17) is 0 Å². The van der Waals surface area contributed by atoms with Crippen molar-refractivity contribution in [2.24, 2.45) is 4.99 Å². The van der Waals surface area contributed by atoms with Gasteiger partial charge in [0.1, 0.15) is 17.9 Å². The molecule has 1 amide bonds. The zero-order valence-corrected chi connectivity index (χ0v) is 15.6. The van der Waals surface area contributed by atoms with Crippen molar-refractivity contribution in [2.75, 3.05) is 23.8 Å². The number of ketones is 1. The number of rotatable bonds is 11. The lowest BCUT2D eigenvalue weighted by Gasteiger charge is -2.22. The van der Waals surface area contributed by atoms with Crippen molar-refractivity contribution in [3.63, 3.8) is 0 Å². The molecule has 0 spiro atoms. The monoisotopic (exact) mass is 397 g/mol. The van der Waals surface area contributed by atoms with E-state index in [-0.39, 0.29) is 18.9 Å². The Kier molecular flexibility index (Phi) is 7.39. The standard InChI is InChI=1S/C15H19N5O4S2/c21-12(11-26-9-8-25)15(2-1-4-18-15)3-5-16-13(22)10-19-7-6-17-14(19)20(23)24/h1-2,4,6-7,25H,3,5,8-11H2,(H,16,22). The largest absolute Gasteiger partial charge is 0.435 e. The van der Waals surface area contributed by atoms with E-state index in [2.05, 4.69) is 27.9 Å². The van der Waals surface area contributed by atoms with Crippen molar-refractivity contribution < 1.29 is 14.5 Å². The van der Waals surface area contributed by atoms with Crippen LogP contribution in [0.15, 0.2) is 29.5 Å². The zero-order chi connectivity index (χ0) is 19.0. The number of carbonyl (C=O) groups excluding carboxylic acids is 2. The van der Waals surface area contributed by atoms with E-state index in [1.807, 2.05) is 0 Å². The molecule has 26 heavy (non-hydrogen) atoms. The number of imidazole rings is 1. The van der Waals surface area contributed by atoms with Crippen molar-refractivity contribution in [3.05, 3.63) is 34.7 Å². The minimum Gasteiger partial charge on any atom is -0.390 e. The lowest BCUT2D eigenvalue weighted by Crippen LogP contribution is -2.40. The van der Waals surface area contributed by atoms with E-state index >= 15 is 0 Å². The van der Waals surface area contributed by atoms with E-state index in [1.54, 1.807) is 18.4 Å². The van der Waals surface area contributed by atoms with Crippen molar-refractivity contribution in [1.29, 1.82) is 0 Å². The maximum Gasteiger partial charge on any atom is 0.435 e. The minimum atomic E-state index is -0.947. The Morgan fingerprint density at radius 3 is 2.92 bits per heavy atom. The molecule has 0 bridgehead atoms. The summed E-state index contributed by atoms with van der Waals surface area (Å²) in [5, 5.41) is 13.5. The number of carbonyl (C=O) groups is 2. The lowest BCUT2D eigenvalue weighted by molar-refractivity contribution is -0.396. The molecule has 1 aromatic heterocycles. The summed E-state index contributed by atoms with van der Waals surface area (Å²) in [5.74, 6) is 0.991. The van der Waals surface area contributed by atoms with Crippen molar-refractivity contribution in [2.45, 2.75) is 18.5 Å². The van der Waals surface area contributed by atoms with Crippen LogP contribution in [0.1, 0.15) is 6.42 Å². The second kappa shape index (κ2) is 9.53. The normalized spacial score (nSPS) is 18.2. The number of thioether (sulfide) groups is 1. The van der Waals surface area contributed by atoms with Gasteiger partial charge in [0.25, 0.3) is 5.91 Å². The first-order valence-electron chi connectivity index (χ1n) is 7.86. The van der Waals surface area contributed by atoms with Gasteiger partial charge in [-0.15, -0.1) is 0 Å². The summed E-state index contributed by atoms with van der Waals surface area (Å²) in [6.07, 6.45) is 8.00. The van der Waals surface area contributed by atoms with E-state index in [9.17, 15) is 19.7 Å². The smallest absolute Gasteiger partial charge is 0.390 e. The average Bonchev–Trinajstić information content (AvgIpc) is 3.25. The van der Waals surface area contributed by atoms with Crippen LogP contribution >= 0.6 is 24.4 Å². The summed E-state index contributed by atoms with van der Waals surface area (Å²) in [6, 6.07) is 0. The molecule has 0 fully saturated rings. The number of nitrogens with zero attached hydrogens (tertiary/aromatic N) is 4. The van der Waals surface area contributed by atoms with Gasteiger partial charge in [0.2, 0.25) is 0 Å². The summed E-state index contributed by atoms with van der Waals surface area (Å²) in [5.41, 5.74) is -0.947. The number of Topliss-reactive ketones (excluding diaryl/α,β-unsaturated/α-hetero) is 1. The van der Waals surface area contributed by atoms with Gasteiger partial charge < -0.3 is 15.4 Å². The van der Waals surface area contributed by atoms with Gasteiger partial charge in [-0.05, 0) is 22.8 Å². The summed E-state index contributed by atoms with van der Waals surface area (Å²) in [6.45, 7) is 0.0140. The molecule has 1 aromatic rings. The maximum absolute atomic E-state index is 12.5. The van der Waals surface area contributed by atoms with Gasteiger partial charge in [0.15, 0.2) is 12.3 Å². The number of hydrogen-bond donors (Lipinski definition) is 2. The number of nitrogens with one attached hydrogen (secondary N) is 1. The van der Waals surface area contributed by atoms with E-state index in [1.165, 1.54) is 24.2 Å². The molecule has 1 aliphatic heterocycles. The molecule has 0 aliphatic carbocycles. The Balaban J connectivity index is 1.86. The van der Waals surface area contributed by atoms with Gasteiger partial charge in [-0.1, -0.05) is 4.98 Å². The Morgan fingerprint density at radius 2 is 2.27 bits per heavy atom. The van der Waals surface area contributed by atoms with Crippen molar-refractivity contribution in [1.82, 2.24) is 14.9 Å². The summed E-state index contributed by atoms with van der Waals surface area (Å²) < 4.78 is 1.15. The highest BCUT2D eigenvalue weighted by atomic mass is 32.2. The van der Waals surface area contributed by atoms with Crippen LogP contribution in [0, 0.1) is 10.1 Å². The number of allylic oxidation sites excluding steroid dienone is 1. The molecule has 0 aromatic carbocycles. The minimum absolute atomic E-state index is 0.0196. The molecule has 0 saturated carbocycles. The molecule has 1 unspecified atom stereocenters. The predicted molar refractivity (Wildman–Crippen MR) is 103 cm³/mol. The van der Waals surface area contributed by atoms with Gasteiger partial charge in [0, 0.05) is 24.9 Å². The highest BCUT2D eigenvalue weighted by Crippen LogP contribution is 2.24. The Morgan fingerprint density at radius 1 is 1.46 bits per heavy atom. The van der Waals surface area contributed by atoms with Crippen LogP contribution in [-0.2, 0) is 16.1 Å². The van der Waals surface area contributed by atoms with E-state index < -0.39 is 22.3 Å². The van der Waals surface area contributed by atoms with Crippen LogP contribution in [0.4, 0.5) is 5.95 Å². The summed E-state index contributed by atoms with van der Waals surface area (Å²) >= 11 is 5.62. The number of hydrogen-bond acceptors (Lipinski definition) is 8. The number of aliphatic imine (C=N–C) groups is 1. The molecule has 2 rings (SSSR count). The fraction of sp³-hybridized carbons (Fsp3) is 0.467. The fourth-order valence-corrected chi connectivity index (χ4v) is 3.52. The molecule has 11 heteroatoms. The molecule has 0 saturated heterocycles. The Labute approximate surface area is 159 Å². The topological polar surface area (TPSA) is 119 Å². The number of aromatic nitrogens is 2. The number of nitro groups is 1. The van der Waals surface area contributed by atoms with Gasteiger partial charge in [-0.25, -0.2) is 4.57 Å². The second-order valence-electron chi connectivity index (χ2n) is 5.47. The van der Waals surface area contributed by atoms with Crippen LogP contribution in [0.2, 0.25) is 0 Å². The molecule has 1 atom stereocenters. The van der Waals surface area contributed by atoms with E-state index in [0.29, 0.717) is 17.9 Å². The molecule has 9 nitrogen and oxygen atoms in total. The van der Waals surface area contributed by atoms with Crippen molar-refractivity contribution >= 4 is 48.2 Å². The van der Waals surface area contributed by atoms with Crippen LogP contribution < -0.4 is 5.32 Å². The van der Waals surface area contributed by atoms with E-state index in [0.717, 1.165) is 10.3 Å². The first-order valence-corrected chi connectivity index (χ1v) is 9.64. The average molecular weight is 397 g/mol. The third-order valence-corrected chi connectivity index (χ3v) is 5.20. The Bertz CT molecular complexity index is 719. The Hall–Kier alpha value is -2.14. The number of amides is 1. The SMILES string of the molecule is O=C(Cn1ccnc1[N+](=O)[O-])NCCC1(C(=O)CSCCS)C=CC=N1. The summed E-state index contributed by atoms with van der Waals surface area (Å²) in [4.78, 5) is 42.5. The van der Waals surface area contributed by atoms with Crippen LogP contribution in [0.5, 0.6) is 0 Å². The highest BCUT2D eigenvalue weighted by molar-refractivity contribution is 8.00. The molecular formula is C15H19N5O4S2. The molecular weight excluding hydrogens is 378 g/mol. The molecule has 2 heterocycles. The predicted octanol–water partition coefficient (Wildman–Crippen LogP) is 0.909. The number of thiol groups is 1. The highest BCUT2D eigenvalue weighted by Gasteiger charge is 2.35. The first-order chi connectivity index (χ1) is 12.5. The van der Waals surface area contributed by atoms with Crippen LogP contribution in [0.3, 0.4) is 0 Å². The third-order valence-electron chi connectivity index (χ3n) is 3.71.